The van der Waals surface area contributed by atoms with Crippen LogP contribution < -0.4 is 4.74 Å². The SMILES string of the molecule is CCOC(=O)c1ccc(OCC)c(C)c1C. The van der Waals surface area contributed by atoms with Gasteiger partial charge in [0.2, 0.25) is 0 Å². The molecule has 0 radical (unpaired) electrons. The van der Waals surface area contributed by atoms with Crippen molar-refractivity contribution in [2.24, 2.45) is 0 Å². The van der Waals surface area contributed by atoms with Gasteiger partial charge in [-0.2, -0.15) is 0 Å². The van der Waals surface area contributed by atoms with Crippen molar-refractivity contribution in [1.82, 2.24) is 0 Å². The number of carbonyl (C=O) groups excluding carboxylic acids is 1. The van der Waals surface area contributed by atoms with Gasteiger partial charge in [0.15, 0.2) is 0 Å². The summed E-state index contributed by atoms with van der Waals surface area (Å²) in [6.07, 6.45) is 0. The van der Waals surface area contributed by atoms with Gasteiger partial charge < -0.3 is 9.47 Å². The van der Waals surface area contributed by atoms with Crippen LogP contribution in [-0.4, -0.2) is 19.2 Å². The van der Waals surface area contributed by atoms with Gasteiger partial charge in [-0.1, -0.05) is 0 Å². The number of carbonyl (C=O) groups is 1. The molecule has 16 heavy (non-hydrogen) atoms. The van der Waals surface area contributed by atoms with Gasteiger partial charge in [0.05, 0.1) is 18.8 Å². The first-order valence-electron chi connectivity index (χ1n) is 5.51. The van der Waals surface area contributed by atoms with Crippen molar-refractivity contribution < 1.29 is 14.3 Å². The van der Waals surface area contributed by atoms with Crippen LogP contribution in [0.4, 0.5) is 0 Å². The van der Waals surface area contributed by atoms with Gasteiger partial charge >= 0.3 is 5.97 Å². The zero-order valence-electron chi connectivity index (χ0n) is 10.3. The molecule has 0 heterocycles. The molecule has 0 N–H and O–H groups in total. The normalized spacial score (nSPS) is 10.0. The smallest absolute Gasteiger partial charge is 0.338 e. The molecule has 3 nitrogen and oxygen atoms in total. The minimum Gasteiger partial charge on any atom is -0.494 e. The highest BCUT2D eigenvalue weighted by Gasteiger charge is 2.13. The molecule has 0 saturated carbocycles. The summed E-state index contributed by atoms with van der Waals surface area (Å²) >= 11 is 0. The molecule has 0 bridgehead atoms. The summed E-state index contributed by atoms with van der Waals surface area (Å²) < 4.78 is 10.4. The average molecular weight is 222 g/mol. The third kappa shape index (κ3) is 2.54. The first-order valence-corrected chi connectivity index (χ1v) is 5.51. The lowest BCUT2D eigenvalue weighted by molar-refractivity contribution is 0.0525. The van der Waals surface area contributed by atoms with E-state index in [0.717, 1.165) is 16.9 Å². The Morgan fingerprint density at radius 3 is 2.38 bits per heavy atom. The van der Waals surface area contributed by atoms with E-state index in [1.54, 1.807) is 13.0 Å². The maximum Gasteiger partial charge on any atom is 0.338 e. The third-order valence-corrected chi connectivity index (χ3v) is 2.53. The molecule has 1 rings (SSSR count). The van der Waals surface area contributed by atoms with Gasteiger partial charge in [-0.05, 0) is 51.0 Å². The summed E-state index contributed by atoms with van der Waals surface area (Å²) in [5, 5.41) is 0. The molecule has 88 valence electrons. The van der Waals surface area contributed by atoms with E-state index in [1.807, 2.05) is 26.8 Å². The predicted octanol–water partition coefficient (Wildman–Crippen LogP) is 2.88. The fraction of sp³-hybridized carbons (Fsp3) is 0.462. The van der Waals surface area contributed by atoms with Crippen molar-refractivity contribution >= 4 is 5.97 Å². The van der Waals surface area contributed by atoms with E-state index in [1.165, 1.54) is 0 Å². The maximum absolute atomic E-state index is 11.6. The van der Waals surface area contributed by atoms with Crippen molar-refractivity contribution in [1.29, 1.82) is 0 Å². The number of esters is 1. The quantitative estimate of drug-likeness (QED) is 0.735. The van der Waals surface area contributed by atoms with E-state index in [4.69, 9.17) is 9.47 Å². The van der Waals surface area contributed by atoms with Gasteiger partial charge in [0.25, 0.3) is 0 Å². The molecule has 0 unspecified atom stereocenters. The second kappa shape index (κ2) is 5.54. The second-order valence-electron chi connectivity index (χ2n) is 3.51. The first-order chi connectivity index (χ1) is 7.61. The molecule has 1 aromatic carbocycles. The second-order valence-corrected chi connectivity index (χ2v) is 3.51. The Hall–Kier alpha value is -1.51. The van der Waals surface area contributed by atoms with E-state index >= 15 is 0 Å². The summed E-state index contributed by atoms with van der Waals surface area (Å²) in [7, 11) is 0. The van der Waals surface area contributed by atoms with E-state index < -0.39 is 0 Å². The number of hydrogen-bond acceptors (Lipinski definition) is 3. The van der Waals surface area contributed by atoms with Crippen LogP contribution in [0.1, 0.15) is 35.3 Å². The van der Waals surface area contributed by atoms with E-state index in [0.29, 0.717) is 18.8 Å². The zero-order valence-corrected chi connectivity index (χ0v) is 10.3. The fourth-order valence-corrected chi connectivity index (χ4v) is 1.54. The van der Waals surface area contributed by atoms with Gasteiger partial charge in [-0.15, -0.1) is 0 Å². The Kier molecular flexibility index (Phi) is 4.35. The molecule has 0 aliphatic carbocycles. The summed E-state index contributed by atoms with van der Waals surface area (Å²) in [6, 6.07) is 3.57. The van der Waals surface area contributed by atoms with Crippen LogP contribution in [0.5, 0.6) is 5.75 Å². The van der Waals surface area contributed by atoms with Crippen molar-refractivity contribution in [2.75, 3.05) is 13.2 Å². The highest BCUT2D eigenvalue weighted by molar-refractivity contribution is 5.91. The zero-order chi connectivity index (χ0) is 12.1. The van der Waals surface area contributed by atoms with Gasteiger partial charge in [0.1, 0.15) is 5.75 Å². The molecule has 0 atom stereocenters. The lowest BCUT2D eigenvalue weighted by atomic mass is 10.0. The monoisotopic (exact) mass is 222 g/mol. The highest BCUT2D eigenvalue weighted by atomic mass is 16.5. The van der Waals surface area contributed by atoms with Crippen molar-refractivity contribution in [3.05, 3.63) is 28.8 Å². The summed E-state index contributed by atoms with van der Waals surface area (Å²) in [6.45, 7) is 8.61. The average Bonchev–Trinajstić information content (AvgIpc) is 2.25. The predicted molar refractivity (Wildman–Crippen MR) is 63.0 cm³/mol. The van der Waals surface area contributed by atoms with Gasteiger partial charge in [0, 0.05) is 0 Å². The molecule has 3 heteroatoms. The minimum absolute atomic E-state index is 0.272. The van der Waals surface area contributed by atoms with E-state index in [9.17, 15) is 4.79 Å². The fourth-order valence-electron chi connectivity index (χ4n) is 1.54. The lowest BCUT2D eigenvalue weighted by Crippen LogP contribution is -2.08. The topological polar surface area (TPSA) is 35.5 Å². The Morgan fingerprint density at radius 1 is 1.12 bits per heavy atom. The molecule has 0 fully saturated rings. The highest BCUT2D eigenvalue weighted by Crippen LogP contribution is 2.24. The summed E-state index contributed by atoms with van der Waals surface area (Å²) in [5.74, 6) is 0.555. The number of rotatable bonds is 4. The molecular formula is C13H18O3. The van der Waals surface area contributed by atoms with Crippen LogP contribution in [0.3, 0.4) is 0 Å². The number of hydrogen-bond donors (Lipinski definition) is 0. The summed E-state index contributed by atoms with van der Waals surface area (Å²) in [5.41, 5.74) is 2.53. The van der Waals surface area contributed by atoms with Crippen LogP contribution in [-0.2, 0) is 4.74 Å². The van der Waals surface area contributed by atoms with Crippen LogP contribution in [0.15, 0.2) is 12.1 Å². The Morgan fingerprint density at radius 2 is 1.81 bits per heavy atom. The van der Waals surface area contributed by atoms with Crippen molar-refractivity contribution in [3.63, 3.8) is 0 Å². The molecule has 0 aromatic heterocycles. The Balaban J connectivity index is 3.06. The molecule has 0 amide bonds. The molecule has 0 saturated heterocycles. The Bertz CT molecular complexity index is 383. The Labute approximate surface area is 96.4 Å². The molecular weight excluding hydrogens is 204 g/mol. The molecule has 0 aliphatic rings. The van der Waals surface area contributed by atoms with Crippen LogP contribution in [0.2, 0.25) is 0 Å². The van der Waals surface area contributed by atoms with Crippen LogP contribution >= 0.6 is 0 Å². The van der Waals surface area contributed by atoms with Crippen molar-refractivity contribution in [3.8, 4) is 5.75 Å². The largest absolute Gasteiger partial charge is 0.494 e. The standard InChI is InChI=1S/C13H18O3/c1-5-15-12-8-7-11(9(3)10(12)4)13(14)16-6-2/h7-8H,5-6H2,1-4H3. The molecule has 0 spiro atoms. The first kappa shape index (κ1) is 12.6. The molecule has 1 aromatic rings. The van der Waals surface area contributed by atoms with Crippen LogP contribution in [0.25, 0.3) is 0 Å². The van der Waals surface area contributed by atoms with E-state index in [-0.39, 0.29) is 5.97 Å². The van der Waals surface area contributed by atoms with Gasteiger partial charge in [-0.3, -0.25) is 0 Å². The number of ether oxygens (including phenoxy) is 2. The third-order valence-electron chi connectivity index (χ3n) is 2.53. The lowest BCUT2D eigenvalue weighted by Gasteiger charge is -2.12. The minimum atomic E-state index is -0.272. The molecule has 0 aliphatic heterocycles. The maximum atomic E-state index is 11.6. The van der Waals surface area contributed by atoms with E-state index in [2.05, 4.69) is 0 Å². The summed E-state index contributed by atoms with van der Waals surface area (Å²) in [4.78, 5) is 11.6. The van der Waals surface area contributed by atoms with Gasteiger partial charge in [-0.25, -0.2) is 4.79 Å². The van der Waals surface area contributed by atoms with Crippen LogP contribution in [0, 0.1) is 13.8 Å². The number of benzene rings is 1. The van der Waals surface area contributed by atoms with Crippen molar-refractivity contribution in [2.45, 2.75) is 27.7 Å².